The van der Waals surface area contributed by atoms with Crippen molar-refractivity contribution < 1.29 is 14.3 Å². The first-order valence-electron chi connectivity index (χ1n) is 9.76. The second kappa shape index (κ2) is 9.55. The first-order valence-corrected chi connectivity index (χ1v) is 11.7. The molecule has 0 aliphatic heterocycles. The Morgan fingerprint density at radius 1 is 1.31 bits per heavy atom. The number of nitrogens with zero attached hydrogens (tertiary/aromatic N) is 1. The van der Waals surface area contributed by atoms with Crippen LogP contribution in [0.25, 0.3) is 21.3 Å². The lowest BCUT2D eigenvalue weighted by Gasteiger charge is -2.29. The van der Waals surface area contributed by atoms with Crippen LogP contribution in [0.15, 0.2) is 30.0 Å². The minimum Gasteiger partial charge on any atom is -0.382 e. The number of hydrogen-bond donors (Lipinski definition) is 2. The Labute approximate surface area is 187 Å². The van der Waals surface area contributed by atoms with Crippen LogP contribution >= 0.6 is 33.9 Å². The zero-order chi connectivity index (χ0) is 20.2. The number of methoxy groups -OCH3 is 1. The highest BCUT2D eigenvalue weighted by molar-refractivity contribution is 14.1. The van der Waals surface area contributed by atoms with E-state index in [9.17, 15) is 4.79 Å². The summed E-state index contributed by atoms with van der Waals surface area (Å²) in [7, 11) is 1.68. The highest BCUT2D eigenvalue weighted by Gasteiger charge is 2.24. The molecule has 154 valence electrons. The molecule has 6 nitrogen and oxygen atoms in total. The van der Waals surface area contributed by atoms with Crippen molar-refractivity contribution in [1.29, 1.82) is 0 Å². The van der Waals surface area contributed by atoms with Gasteiger partial charge in [0.25, 0.3) is 5.91 Å². The maximum atomic E-state index is 13.2. The molecule has 1 saturated carbocycles. The minimum absolute atomic E-state index is 0.0115. The van der Waals surface area contributed by atoms with Crippen molar-refractivity contribution >= 4 is 50.7 Å². The molecule has 1 fully saturated rings. The average Bonchev–Trinajstić information content (AvgIpc) is 3.39. The van der Waals surface area contributed by atoms with E-state index in [2.05, 4.69) is 43.9 Å². The molecule has 1 aliphatic carbocycles. The van der Waals surface area contributed by atoms with Gasteiger partial charge >= 0.3 is 0 Å². The number of rotatable bonds is 7. The van der Waals surface area contributed by atoms with Gasteiger partial charge in [-0.15, -0.1) is 11.3 Å². The molecule has 1 amide bonds. The van der Waals surface area contributed by atoms with E-state index >= 15 is 0 Å². The van der Waals surface area contributed by atoms with Gasteiger partial charge in [-0.1, -0.05) is 0 Å². The fraction of sp³-hybridized carbons (Fsp3) is 0.429. The number of H-pyrrole nitrogens is 1. The predicted octanol–water partition coefficient (Wildman–Crippen LogP) is 4.60. The Kier molecular flexibility index (Phi) is 6.84. The molecule has 0 saturated heterocycles. The van der Waals surface area contributed by atoms with Gasteiger partial charge in [0.05, 0.1) is 35.3 Å². The summed E-state index contributed by atoms with van der Waals surface area (Å²) in [5.74, 6) is -0.0115. The molecule has 0 spiro atoms. The maximum Gasteiger partial charge on any atom is 0.252 e. The molecule has 8 heteroatoms. The molecule has 0 atom stereocenters. The van der Waals surface area contributed by atoms with Crippen molar-refractivity contribution in [3.8, 4) is 10.4 Å². The molecule has 1 aromatic carbocycles. The predicted molar refractivity (Wildman–Crippen MR) is 123 cm³/mol. The summed E-state index contributed by atoms with van der Waals surface area (Å²) in [5, 5.41) is 4.24. The SMILES string of the molecule is COCCO[C@H]1CC[C@H](NC(=O)c2cc(-c3cncs3)cc3[nH]cc(I)c23)CC1. The summed E-state index contributed by atoms with van der Waals surface area (Å²) < 4.78 is 11.9. The third kappa shape index (κ3) is 4.82. The van der Waals surface area contributed by atoms with Gasteiger partial charge in [-0.3, -0.25) is 9.78 Å². The Morgan fingerprint density at radius 2 is 2.14 bits per heavy atom. The number of aromatic amines is 1. The van der Waals surface area contributed by atoms with Crippen LogP contribution in [0, 0.1) is 3.57 Å². The van der Waals surface area contributed by atoms with Crippen molar-refractivity contribution in [2.75, 3.05) is 20.3 Å². The fourth-order valence-electron chi connectivity index (χ4n) is 3.84. The normalized spacial score (nSPS) is 19.5. The van der Waals surface area contributed by atoms with Crippen LogP contribution in [0.1, 0.15) is 36.0 Å². The first-order chi connectivity index (χ1) is 14.2. The number of halogens is 1. The number of aromatic nitrogens is 2. The molecule has 1 aliphatic rings. The number of benzene rings is 1. The molecule has 3 aromatic rings. The lowest BCUT2D eigenvalue weighted by atomic mass is 9.92. The van der Waals surface area contributed by atoms with Crippen molar-refractivity contribution in [1.82, 2.24) is 15.3 Å². The number of nitrogens with one attached hydrogen (secondary N) is 2. The summed E-state index contributed by atoms with van der Waals surface area (Å²) in [6.07, 6.45) is 7.86. The largest absolute Gasteiger partial charge is 0.382 e. The Balaban J connectivity index is 1.48. The molecule has 2 heterocycles. The standard InChI is InChI=1S/C21H24IN3O3S/c1-27-6-7-28-15-4-2-14(3-5-15)25-21(26)16-8-13(19-11-23-12-29-19)9-18-20(16)17(22)10-24-18/h8-12,14-15,24H,2-7H2,1H3,(H,25,26)/t14-,15-. The van der Waals surface area contributed by atoms with E-state index in [0.717, 1.165) is 56.2 Å². The molecule has 0 bridgehead atoms. The molecule has 29 heavy (non-hydrogen) atoms. The van der Waals surface area contributed by atoms with Gasteiger partial charge in [-0.25, -0.2) is 0 Å². The van der Waals surface area contributed by atoms with E-state index in [1.807, 2.05) is 24.0 Å². The molecule has 4 rings (SSSR count). The van der Waals surface area contributed by atoms with Gasteiger partial charge in [-0.05, 0) is 66.0 Å². The van der Waals surface area contributed by atoms with E-state index in [0.29, 0.717) is 13.2 Å². The van der Waals surface area contributed by atoms with Gasteiger partial charge in [0.1, 0.15) is 0 Å². The highest BCUT2D eigenvalue weighted by atomic mass is 127. The van der Waals surface area contributed by atoms with Crippen molar-refractivity contribution in [3.63, 3.8) is 0 Å². The highest BCUT2D eigenvalue weighted by Crippen LogP contribution is 2.32. The van der Waals surface area contributed by atoms with Crippen molar-refractivity contribution in [3.05, 3.63) is 39.2 Å². The average molecular weight is 525 g/mol. The van der Waals surface area contributed by atoms with Gasteiger partial charge < -0.3 is 19.8 Å². The van der Waals surface area contributed by atoms with E-state index in [-0.39, 0.29) is 18.1 Å². The van der Waals surface area contributed by atoms with Crippen molar-refractivity contribution in [2.24, 2.45) is 0 Å². The van der Waals surface area contributed by atoms with Gasteiger partial charge in [-0.2, -0.15) is 0 Å². The third-order valence-electron chi connectivity index (χ3n) is 5.34. The van der Waals surface area contributed by atoms with E-state index in [4.69, 9.17) is 9.47 Å². The third-order valence-corrected chi connectivity index (χ3v) is 7.02. The van der Waals surface area contributed by atoms with Crippen molar-refractivity contribution in [2.45, 2.75) is 37.8 Å². The molecular weight excluding hydrogens is 501 g/mol. The van der Waals surface area contributed by atoms with Crippen LogP contribution in [0.3, 0.4) is 0 Å². The number of fused-ring (bicyclic) bond motifs is 1. The minimum atomic E-state index is -0.0115. The Hall–Kier alpha value is -1.49. The van der Waals surface area contributed by atoms with Crippen LogP contribution in [0.2, 0.25) is 0 Å². The number of hydrogen-bond acceptors (Lipinski definition) is 5. The monoisotopic (exact) mass is 525 g/mol. The number of thiazole rings is 1. The number of ether oxygens (including phenoxy) is 2. The van der Waals surface area contributed by atoms with E-state index < -0.39 is 0 Å². The summed E-state index contributed by atoms with van der Waals surface area (Å²) >= 11 is 3.85. The second-order valence-electron chi connectivity index (χ2n) is 7.26. The summed E-state index contributed by atoms with van der Waals surface area (Å²) in [6.45, 7) is 1.25. The van der Waals surface area contributed by atoms with Crippen LogP contribution in [-0.2, 0) is 9.47 Å². The van der Waals surface area contributed by atoms with Crippen LogP contribution in [-0.4, -0.2) is 48.3 Å². The second-order valence-corrected chi connectivity index (χ2v) is 9.31. The summed E-state index contributed by atoms with van der Waals surface area (Å²) in [5.41, 5.74) is 4.51. The molecule has 0 radical (unpaired) electrons. The zero-order valence-corrected chi connectivity index (χ0v) is 19.2. The van der Waals surface area contributed by atoms with Gasteiger partial charge in [0, 0.05) is 40.0 Å². The number of amides is 1. The Bertz CT molecular complexity index is 965. The molecule has 2 N–H and O–H groups in total. The fourth-order valence-corrected chi connectivity index (χ4v) is 5.19. The smallest absolute Gasteiger partial charge is 0.252 e. The first kappa shape index (κ1) is 20.8. The van der Waals surface area contributed by atoms with Crippen LogP contribution in [0.5, 0.6) is 0 Å². The quantitative estimate of drug-likeness (QED) is 0.349. The number of carbonyl (C=O) groups is 1. The maximum absolute atomic E-state index is 13.2. The van der Waals surface area contributed by atoms with E-state index in [1.54, 1.807) is 18.4 Å². The summed E-state index contributed by atoms with van der Waals surface area (Å²) in [4.78, 5) is 21.7. The number of carbonyl (C=O) groups excluding carboxylic acids is 1. The lowest BCUT2D eigenvalue weighted by Crippen LogP contribution is -2.39. The topological polar surface area (TPSA) is 76.2 Å². The lowest BCUT2D eigenvalue weighted by molar-refractivity contribution is -0.00408. The van der Waals surface area contributed by atoms with E-state index in [1.165, 1.54) is 0 Å². The molecule has 2 aromatic heterocycles. The summed E-state index contributed by atoms with van der Waals surface area (Å²) in [6, 6.07) is 4.26. The van der Waals surface area contributed by atoms with Gasteiger partial charge in [0.2, 0.25) is 0 Å². The molecule has 0 unspecified atom stereocenters. The Morgan fingerprint density at radius 3 is 2.86 bits per heavy atom. The van der Waals surface area contributed by atoms with Crippen LogP contribution in [0.4, 0.5) is 0 Å². The zero-order valence-electron chi connectivity index (χ0n) is 16.2. The van der Waals surface area contributed by atoms with Crippen LogP contribution < -0.4 is 5.32 Å². The molecular formula is C21H24IN3O3S. The van der Waals surface area contributed by atoms with Gasteiger partial charge in [0.15, 0.2) is 0 Å².